The molecule has 1 rings (SSSR count). The number of aryl methyl sites for hydroxylation is 1. The van der Waals surface area contributed by atoms with Crippen molar-refractivity contribution in [3.05, 3.63) is 35.4 Å². The molecule has 1 aromatic rings. The maximum atomic E-state index is 5.91. The van der Waals surface area contributed by atoms with Crippen LogP contribution in [-0.2, 0) is 6.54 Å². The van der Waals surface area contributed by atoms with Gasteiger partial charge in [-0.3, -0.25) is 4.90 Å². The molecule has 0 unspecified atom stereocenters. The van der Waals surface area contributed by atoms with Crippen LogP contribution in [0.4, 0.5) is 0 Å². The van der Waals surface area contributed by atoms with E-state index < -0.39 is 0 Å². The topological polar surface area (TPSA) is 6.48 Å². The van der Waals surface area contributed by atoms with E-state index in [1.807, 2.05) is 4.81 Å². The number of hydrogen-bond donors (Lipinski definition) is 0. The van der Waals surface area contributed by atoms with E-state index >= 15 is 0 Å². The Hall–Kier alpha value is -0.795. The molecule has 0 N–H and O–H groups in total. The molecule has 18 heavy (non-hydrogen) atoms. The van der Waals surface area contributed by atoms with Crippen LogP contribution in [0.5, 0.6) is 0 Å². The first kappa shape index (κ1) is 15.3. The van der Waals surface area contributed by atoms with E-state index in [-0.39, 0.29) is 0 Å². The summed E-state index contributed by atoms with van der Waals surface area (Å²) in [6.07, 6.45) is 1.11. The second-order valence-corrected chi connectivity index (χ2v) is 4.89. The maximum absolute atomic E-state index is 5.91. The molecule has 0 aliphatic heterocycles. The Morgan fingerprint density at radius 2 is 1.89 bits per heavy atom. The first-order valence-corrected chi connectivity index (χ1v) is 6.93. The van der Waals surface area contributed by atoms with Crippen LogP contribution in [0.15, 0.2) is 24.3 Å². The Morgan fingerprint density at radius 3 is 2.50 bits per heavy atom. The third-order valence-electron chi connectivity index (χ3n) is 3.15. The van der Waals surface area contributed by atoms with Gasteiger partial charge in [0, 0.05) is 13.1 Å². The predicted octanol–water partition coefficient (Wildman–Crippen LogP) is 2.61. The first-order valence-electron chi connectivity index (χ1n) is 6.93. The molecular weight excluding hydrogens is 219 g/mol. The molecule has 0 atom stereocenters. The van der Waals surface area contributed by atoms with E-state index in [0.717, 1.165) is 39.1 Å². The second-order valence-electron chi connectivity index (χ2n) is 4.89. The molecule has 2 nitrogen and oxygen atoms in total. The van der Waals surface area contributed by atoms with Crippen molar-refractivity contribution in [2.45, 2.75) is 33.7 Å². The van der Waals surface area contributed by atoms with E-state index in [9.17, 15) is 0 Å². The van der Waals surface area contributed by atoms with E-state index in [4.69, 9.17) is 7.98 Å². The summed E-state index contributed by atoms with van der Waals surface area (Å²) in [7, 11) is 5.91. The van der Waals surface area contributed by atoms with Gasteiger partial charge in [-0.05, 0) is 38.5 Å². The Balaban J connectivity index is 2.42. The van der Waals surface area contributed by atoms with Gasteiger partial charge in [0.2, 0.25) is 0 Å². The zero-order valence-electron chi connectivity index (χ0n) is 12.0. The minimum Gasteiger partial charge on any atom is -0.352 e. The first-order chi connectivity index (χ1) is 8.65. The van der Waals surface area contributed by atoms with Gasteiger partial charge in [0.25, 0.3) is 0 Å². The van der Waals surface area contributed by atoms with Gasteiger partial charge >= 0.3 is 0 Å². The van der Waals surface area contributed by atoms with Crippen molar-refractivity contribution < 1.29 is 0 Å². The highest BCUT2D eigenvalue weighted by Gasteiger charge is 2.05. The van der Waals surface area contributed by atoms with Crippen LogP contribution in [0.3, 0.4) is 0 Å². The standard InChI is InChI=1S/C15H25BN2/c1-4-9-18(16)11-10-17(5-2)13-15-8-6-7-14(3)12-15/h6-8,12H,4-5,9-11,13H2,1-3H3. The maximum Gasteiger partial charge on any atom is 0.182 e. The number of hydrogen-bond acceptors (Lipinski definition) is 2. The molecule has 0 saturated carbocycles. The SMILES string of the molecule is [B]N(CCC)CCN(CC)Cc1cccc(C)c1. The van der Waals surface area contributed by atoms with Gasteiger partial charge in [-0.25, -0.2) is 0 Å². The summed E-state index contributed by atoms with van der Waals surface area (Å²) in [6.45, 7) is 11.5. The summed E-state index contributed by atoms with van der Waals surface area (Å²) >= 11 is 0. The van der Waals surface area contributed by atoms with Crippen molar-refractivity contribution in [3.8, 4) is 0 Å². The molecule has 0 aliphatic rings. The molecule has 0 amide bonds. The molecule has 0 aromatic heterocycles. The van der Waals surface area contributed by atoms with Crippen molar-refractivity contribution in [3.63, 3.8) is 0 Å². The lowest BCUT2D eigenvalue weighted by atomic mass is 10.1. The van der Waals surface area contributed by atoms with Crippen LogP contribution in [0, 0.1) is 6.92 Å². The number of rotatable bonds is 8. The fourth-order valence-electron chi connectivity index (χ4n) is 2.09. The summed E-state index contributed by atoms with van der Waals surface area (Å²) in [4.78, 5) is 4.35. The van der Waals surface area contributed by atoms with E-state index in [1.165, 1.54) is 11.1 Å². The normalized spacial score (nSPS) is 11.4. The molecule has 0 spiro atoms. The predicted molar refractivity (Wildman–Crippen MR) is 79.7 cm³/mol. The molecule has 3 heteroatoms. The summed E-state index contributed by atoms with van der Waals surface area (Å²) in [5.74, 6) is 0. The Bertz CT molecular complexity index is 341. The highest BCUT2D eigenvalue weighted by atomic mass is 15.2. The van der Waals surface area contributed by atoms with Gasteiger partial charge in [-0.15, -0.1) is 0 Å². The van der Waals surface area contributed by atoms with Crippen molar-refractivity contribution >= 4 is 7.98 Å². The fraction of sp³-hybridized carbons (Fsp3) is 0.600. The van der Waals surface area contributed by atoms with E-state index in [1.54, 1.807) is 0 Å². The molecule has 0 heterocycles. The minimum absolute atomic E-state index is 0.938. The van der Waals surface area contributed by atoms with Gasteiger partial charge in [0.15, 0.2) is 7.98 Å². The Labute approximate surface area is 113 Å². The molecule has 0 saturated heterocycles. The van der Waals surface area contributed by atoms with Crippen LogP contribution in [0.1, 0.15) is 31.4 Å². The average Bonchev–Trinajstić information content (AvgIpc) is 2.35. The number of likely N-dealkylation sites (N-methyl/N-ethyl adjacent to an activating group) is 1. The summed E-state index contributed by atoms with van der Waals surface area (Å²) in [5, 5.41) is 0. The zero-order valence-corrected chi connectivity index (χ0v) is 12.0. The molecule has 1 aromatic carbocycles. The summed E-state index contributed by atoms with van der Waals surface area (Å²) in [6, 6.07) is 8.73. The summed E-state index contributed by atoms with van der Waals surface area (Å²) in [5.41, 5.74) is 2.71. The van der Waals surface area contributed by atoms with E-state index in [2.05, 4.69) is 49.9 Å². The average molecular weight is 244 g/mol. The van der Waals surface area contributed by atoms with Crippen LogP contribution >= 0.6 is 0 Å². The lowest BCUT2D eigenvalue weighted by molar-refractivity contribution is 0.255. The summed E-state index contributed by atoms with van der Waals surface area (Å²) < 4.78 is 0. The fourth-order valence-corrected chi connectivity index (χ4v) is 2.09. The highest BCUT2D eigenvalue weighted by molar-refractivity contribution is 6.04. The third kappa shape index (κ3) is 5.70. The molecule has 98 valence electrons. The largest absolute Gasteiger partial charge is 0.352 e. The number of nitrogens with zero attached hydrogens (tertiary/aromatic N) is 2. The Kier molecular flexibility index (Phi) is 7.06. The van der Waals surface area contributed by atoms with Gasteiger partial charge in [0.05, 0.1) is 0 Å². The monoisotopic (exact) mass is 244 g/mol. The van der Waals surface area contributed by atoms with Crippen LogP contribution < -0.4 is 0 Å². The second kappa shape index (κ2) is 8.33. The highest BCUT2D eigenvalue weighted by Crippen LogP contribution is 2.07. The van der Waals surface area contributed by atoms with Crippen molar-refractivity contribution in [2.75, 3.05) is 26.2 Å². The van der Waals surface area contributed by atoms with Crippen molar-refractivity contribution in [2.24, 2.45) is 0 Å². The lowest BCUT2D eigenvalue weighted by Gasteiger charge is -2.24. The van der Waals surface area contributed by atoms with Gasteiger partial charge in [0.1, 0.15) is 0 Å². The third-order valence-corrected chi connectivity index (χ3v) is 3.15. The molecular formula is C15H25BN2. The van der Waals surface area contributed by atoms with Crippen LogP contribution in [0.25, 0.3) is 0 Å². The zero-order chi connectivity index (χ0) is 13.4. The molecule has 0 aliphatic carbocycles. The molecule has 0 fully saturated rings. The number of benzene rings is 1. The molecule has 0 bridgehead atoms. The van der Waals surface area contributed by atoms with Crippen LogP contribution in [-0.4, -0.2) is 43.9 Å². The minimum atomic E-state index is 0.938. The van der Waals surface area contributed by atoms with Gasteiger partial charge in [-0.2, -0.15) is 0 Å². The lowest BCUT2D eigenvalue weighted by Crippen LogP contribution is -2.34. The van der Waals surface area contributed by atoms with Crippen LogP contribution in [0.2, 0.25) is 0 Å². The molecule has 2 radical (unpaired) electrons. The van der Waals surface area contributed by atoms with Gasteiger partial charge < -0.3 is 4.81 Å². The van der Waals surface area contributed by atoms with Gasteiger partial charge in [-0.1, -0.05) is 43.7 Å². The van der Waals surface area contributed by atoms with E-state index in [0.29, 0.717) is 0 Å². The smallest absolute Gasteiger partial charge is 0.182 e. The van der Waals surface area contributed by atoms with Crippen molar-refractivity contribution in [1.29, 1.82) is 0 Å². The van der Waals surface area contributed by atoms with Crippen molar-refractivity contribution in [1.82, 2.24) is 9.71 Å². The quantitative estimate of drug-likeness (QED) is 0.648. The Morgan fingerprint density at radius 1 is 1.11 bits per heavy atom.